The third kappa shape index (κ3) is 4.53. The number of carbonyl (C=O) groups excluding carboxylic acids is 1. The van der Waals surface area contributed by atoms with E-state index in [4.69, 9.17) is 16.9 Å². The molecule has 0 aliphatic carbocycles. The summed E-state index contributed by atoms with van der Waals surface area (Å²) in [5.41, 5.74) is 2.93. The number of amides is 1. The number of aryl methyl sites for hydroxylation is 1. The zero-order valence-corrected chi connectivity index (χ0v) is 16.0. The minimum absolute atomic E-state index is 0.0241. The first-order chi connectivity index (χ1) is 12.4. The van der Waals surface area contributed by atoms with E-state index >= 15 is 0 Å². The number of nitrogens with one attached hydrogen (secondary N) is 1. The smallest absolute Gasteiger partial charge is 0.266 e. The van der Waals surface area contributed by atoms with Crippen LogP contribution in [0.4, 0.5) is 0 Å². The van der Waals surface area contributed by atoms with Crippen molar-refractivity contribution in [3.8, 4) is 6.07 Å². The maximum absolute atomic E-state index is 12.6. The standard InChI is InChI=1S/C20H22ClN3O2/c1-4-24(12-15-6-5-7-16(21)10-15)19(25)9-8-17-13(2)18(11-22)20(26)23-14(17)3/h5-7,10H,4,8-9,12H2,1-3H3,(H,23,26). The number of carbonyl (C=O) groups is 1. The van der Waals surface area contributed by atoms with Gasteiger partial charge in [-0.2, -0.15) is 5.26 Å². The van der Waals surface area contributed by atoms with Crippen LogP contribution in [-0.4, -0.2) is 22.3 Å². The van der Waals surface area contributed by atoms with Crippen molar-refractivity contribution in [2.24, 2.45) is 0 Å². The van der Waals surface area contributed by atoms with Gasteiger partial charge in [-0.05, 0) is 56.0 Å². The van der Waals surface area contributed by atoms with E-state index in [1.165, 1.54) is 0 Å². The van der Waals surface area contributed by atoms with E-state index in [0.29, 0.717) is 42.2 Å². The lowest BCUT2D eigenvalue weighted by Crippen LogP contribution is -2.30. The molecule has 2 rings (SSSR count). The second-order valence-electron chi connectivity index (χ2n) is 6.21. The molecule has 0 aliphatic rings. The summed E-state index contributed by atoms with van der Waals surface area (Å²) in [7, 11) is 0. The fourth-order valence-corrected chi connectivity index (χ4v) is 3.26. The molecule has 1 aromatic heterocycles. The summed E-state index contributed by atoms with van der Waals surface area (Å²) in [5, 5.41) is 9.80. The van der Waals surface area contributed by atoms with E-state index in [0.717, 1.165) is 11.1 Å². The molecular weight excluding hydrogens is 350 g/mol. The number of hydrogen-bond acceptors (Lipinski definition) is 3. The van der Waals surface area contributed by atoms with Gasteiger partial charge in [0, 0.05) is 30.2 Å². The number of rotatable bonds is 6. The van der Waals surface area contributed by atoms with Gasteiger partial charge in [-0.1, -0.05) is 23.7 Å². The molecule has 0 saturated heterocycles. The minimum atomic E-state index is -0.381. The number of halogens is 1. The number of nitrogens with zero attached hydrogens (tertiary/aromatic N) is 2. The fraction of sp³-hybridized carbons (Fsp3) is 0.350. The van der Waals surface area contributed by atoms with Gasteiger partial charge in [0.2, 0.25) is 5.91 Å². The molecule has 0 atom stereocenters. The van der Waals surface area contributed by atoms with Crippen LogP contribution < -0.4 is 5.56 Å². The van der Waals surface area contributed by atoms with Gasteiger partial charge in [0.15, 0.2) is 0 Å². The Labute approximate surface area is 158 Å². The fourth-order valence-electron chi connectivity index (χ4n) is 3.04. The van der Waals surface area contributed by atoms with E-state index in [1.807, 2.05) is 31.2 Å². The quantitative estimate of drug-likeness (QED) is 0.844. The summed E-state index contributed by atoms with van der Waals surface area (Å²) < 4.78 is 0. The molecule has 136 valence electrons. The third-order valence-corrected chi connectivity index (χ3v) is 4.74. The highest BCUT2D eigenvalue weighted by molar-refractivity contribution is 6.30. The molecule has 0 fully saturated rings. The summed E-state index contributed by atoms with van der Waals surface area (Å²) >= 11 is 6.01. The Balaban J connectivity index is 2.12. The molecule has 2 aromatic rings. The van der Waals surface area contributed by atoms with Gasteiger partial charge in [0.05, 0.1) is 0 Å². The largest absolute Gasteiger partial charge is 0.339 e. The van der Waals surface area contributed by atoms with Gasteiger partial charge in [-0.25, -0.2) is 0 Å². The Morgan fingerprint density at radius 2 is 2.08 bits per heavy atom. The van der Waals surface area contributed by atoms with Crippen LogP contribution in [0.2, 0.25) is 5.02 Å². The lowest BCUT2D eigenvalue weighted by molar-refractivity contribution is -0.131. The highest BCUT2D eigenvalue weighted by atomic mass is 35.5. The maximum atomic E-state index is 12.6. The highest BCUT2D eigenvalue weighted by Crippen LogP contribution is 2.17. The Bertz CT molecular complexity index is 912. The van der Waals surface area contributed by atoms with Crippen molar-refractivity contribution in [2.75, 3.05) is 6.54 Å². The molecule has 5 nitrogen and oxygen atoms in total. The molecule has 1 amide bonds. The van der Waals surface area contributed by atoms with Gasteiger partial charge >= 0.3 is 0 Å². The summed E-state index contributed by atoms with van der Waals surface area (Å²) in [4.78, 5) is 28.9. The lowest BCUT2D eigenvalue weighted by atomic mass is 9.99. The number of benzene rings is 1. The normalized spacial score (nSPS) is 10.4. The summed E-state index contributed by atoms with van der Waals surface area (Å²) in [5.74, 6) is 0.0241. The average molecular weight is 372 g/mol. The summed E-state index contributed by atoms with van der Waals surface area (Å²) in [6.07, 6.45) is 0.793. The first-order valence-corrected chi connectivity index (χ1v) is 8.89. The van der Waals surface area contributed by atoms with E-state index < -0.39 is 0 Å². The number of hydrogen-bond donors (Lipinski definition) is 1. The van der Waals surface area contributed by atoms with Crippen LogP contribution in [0.15, 0.2) is 29.1 Å². The van der Waals surface area contributed by atoms with Crippen molar-refractivity contribution in [3.05, 3.63) is 67.6 Å². The first-order valence-electron chi connectivity index (χ1n) is 8.52. The number of nitriles is 1. The molecule has 0 radical (unpaired) electrons. The highest BCUT2D eigenvalue weighted by Gasteiger charge is 2.16. The Morgan fingerprint density at radius 1 is 1.35 bits per heavy atom. The van der Waals surface area contributed by atoms with Crippen molar-refractivity contribution in [1.29, 1.82) is 5.26 Å². The Morgan fingerprint density at radius 3 is 2.69 bits per heavy atom. The van der Waals surface area contributed by atoms with Crippen LogP contribution in [-0.2, 0) is 17.8 Å². The van der Waals surface area contributed by atoms with Crippen LogP contribution in [0.5, 0.6) is 0 Å². The number of aromatic nitrogens is 1. The lowest BCUT2D eigenvalue weighted by Gasteiger charge is -2.21. The maximum Gasteiger partial charge on any atom is 0.266 e. The SMILES string of the molecule is CCN(Cc1cccc(Cl)c1)C(=O)CCc1c(C)[nH]c(=O)c(C#N)c1C. The molecule has 1 heterocycles. The number of H-pyrrole nitrogens is 1. The molecule has 0 aliphatic heterocycles. The minimum Gasteiger partial charge on any atom is -0.339 e. The van der Waals surface area contributed by atoms with Gasteiger partial charge in [-0.15, -0.1) is 0 Å². The van der Waals surface area contributed by atoms with Crippen LogP contribution in [0, 0.1) is 25.2 Å². The molecule has 0 saturated carbocycles. The molecule has 6 heteroatoms. The molecule has 1 N–H and O–H groups in total. The Hall–Kier alpha value is -2.58. The van der Waals surface area contributed by atoms with Crippen LogP contribution >= 0.6 is 11.6 Å². The monoisotopic (exact) mass is 371 g/mol. The van der Waals surface area contributed by atoms with Crippen LogP contribution in [0.3, 0.4) is 0 Å². The van der Waals surface area contributed by atoms with Crippen LogP contribution in [0.25, 0.3) is 0 Å². The molecule has 0 spiro atoms. The third-order valence-electron chi connectivity index (χ3n) is 4.51. The predicted octanol–water partition coefficient (Wildman–Crippen LogP) is 3.50. The van der Waals surface area contributed by atoms with Crippen molar-refractivity contribution in [1.82, 2.24) is 9.88 Å². The number of aromatic amines is 1. The number of pyridine rings is 1. The van der Waals surface area contributed by atoms with Crippen molar-refractivity contribution >= 4 is 17.5 Å². The van der Waals surface area contributed by atoms with Crippen molar-refractivity contribution in [2.45, 2.75) is 40.2 Å². The van der Waals surface area contributed by atoms with Crippen molar-refractivity contribution < 1.29 is 4.79 Å². The second-order valence-corrected chi connectivity index (χ2v) is 6.64. The predicted molar refractivity (Wildman–Crippen MR) is 102 cm³/mol. The Kier molecular flexibility index (Phi) is 6.59. The first kappa shape index (κ1) is 19.7. The molecular formula is C20H22ClN3O2. The zero-order chi connectivity index (χ0) is 19.3. The van der Waals surface area contributed by atoms with Crippen molar-refractivity contribution in [3.63, 3.8) is 0 Å². The van der Waals surface area contributed by atoms with Gasteiger partial charge in [0.25, 0.3) is 5.56 Å². The zero-order valence-electron chi connectivity index (χ0n) is 15.2. The van der Waals surface area contributed by atoms with Crippen LogP contribution in [0.1, 0.15) is 41.3 Å². The molecule has 26 heavy (non-hydrogen) atoms. The van der Waals surface area contributed by atoms with E-state index in [1.54, 1.807) is 24.8 Å². The molecule has 1 aromatic carbocycles. The van der Waals surface area contributed by atoms with E-state index in [2.05, 4.69) is 4.98 Å². The van der Waals surface area contributed by atoms with Gasteiger partial charge in [0.1, 0.15) is 11.6 Å². The topological polar surface area (TPSA) is 77.0 Å². The summed E-state index contributed by atoms with van der Waals surface area (Å²) in [6.45, 7) is 6.58. The molecule has 0 unspecified atom stereocenters. The van der Waals surface area contributed by atoms with E-state index in [-0.39, 0.29) is 17.0 Å². The molecule has 0 bridgehead atoms. The van der Waals surface area contributed by atoms with Gasteiger partial charge < -0.3 is 9.88 Å². The van der Waals surface area contributed by atoms with E-state index in [9.17, 15) is 9.59 Å². The van der Waals surface area contributed by atoms with Gasteiger partial charge in [-0.3, -0.25) is 9.59 Å². The average Bonchev–Trinajstić information content (AvgIpc) is 2.59. The second kappa shape index (κ2) is 8.68. The summed E-state index contributed by atoms with van der Waals surface area (Å²) in [6, 6.07) is 9.41.